The molecule has 3 heterocycles. The van der Waals surface area contributed by atoms with Gasteiger partial charge in [-0.1, -0.05) is 6.07 Å². The molecule has 0 spiro atoms. The lowest BCUT2D eigenvalue weighted by Crippen LogP contribution is -2.39. The normalized spacial score (nSPS) is 17.5. The Morgan fingerprint density at radius 2 is 1.91 bits per heavy atom. The van der Waals surface area contributed by atoms with Crippen LogP contribution < -0.4 is 19.5 Å². The van der Waals surface area contributed by atoms with Crippen molar-refractivity contribution in [3.05, 3.63) is 40.6 Å². The second-order valence-electron chi connectivity index (χ2n) is 8.41. The zero-order chi connectivity index (χ0) is 23.1. The van der Waals surface area contributed by atoms with Crippen LogP contribution in [0.1, 0.15) is 30.6 Å². The van der Waals surface area contributed by atoms with Crippen molar-refractivity contribution in [1.29, 1.82) is 0 Å². The molecule has 2 aliphatic rings. The molecule has 10 heteroatoms. The molecule has 0 bridgehead atoms. The average molecular weight is 494 g/mol. The van der Waals surface area contributed by atoms with Crippen molar-refractivity contribution in [2.45, 2.75) is 37.1 Å². The van der Waals surface area contributed by atoms with E-state index >= 15 is 0 Å². The Bertz CT molecular complexity index is 1020. The third-order valence-corrected chi connectivity index (χ3v) is 8.25. The molecular weight excluding hydrogens is 462 g/mol. The van der Waals surface area contributed by atoms with Gasteiger partial charge in [0.15, 0.2) is 11.5 Å². The Kier molecular flexibility index (Phi) is 8.24. The van der Waals surface area contributed by atoms with E-state index in [0.717, 1.165) is 38.9 Å². The van der Waals surface area contributed by atoms with Gasteiger partial charge in [-0.2, -0.15) is 0 Å². The number of ether oxygens (including phenoxy) is 2. The van der Waals surface area contributed by atoms with Crippen LogP contribution in [0.4, 0.5) is 0 Å². The largest absolute Gasteiger partial charge is 0.490 e. The summed E-state index contributed by atoms with van der Waals surface area (Å²) in [7, 11) is -3.73. The second-order valence-corrected chi connectivity index (χ2v) is 11.2. The van der Waals surface area contributed by atoms with Gasteiger partial charge >= 0.3 is 0 Å². The van der Waals surface area contributed by atoms with Crippen LogP contribution >= 0.6 is 11.3 Å². The van der Waals surface area contributed by atoms with E-state index in [9.17, 15) is 13.2 Å². The fraction of sp³-hybridized carbons (Fsp3) is 0.522. The van der Waals surface area contributed by atoms with Gasteiger partial charge in [-0.05, 0) is 55.4 Å². The van der Waals surface area contributed by atoms with Crippen LogP contribution in [0.3, 0.4) is 0 Å². The summed E-state index contributed by atoms with van der Waals surface area (Å²) in [5.74, 6) is 1.29. The lowest BCUT2D eigenvalue weighted by Gasteiger charge is -2.31. The number of carbonyl (C=O) groups is 1. The number of thiophene rings is 1. The molecule has 8 nitrogen and oxygen atoms in total. The third kappa shape index (κ3) is 6.92. The van der Waals surface area contributed by atoms with E-state index in [1.54, 1.807) is 17.4 Å². The maximum absolute atomic E-state index is 12.6. The average Bonchev–Trinajstić information content (AvgIpc) is 3.20. The quantitative estimate of drug-likeness (QED) is 0.557. The number of amides is 1. The molecular formula is C23H31N3O5S2. The minimum atomic E-state index is -3.73. The molecule has 1 aromatic heterocycles. The molecule has 1 amide bonds. The van der Waals surface area contributed by atoms with Crippen LogP contribution in [0.5, 0.6) is 11.5 Å². The number of hydrogen-bond acceptors (Lipinski definition) is 7. The molecule has 2 N–H and O–H groups in total. The highest BCUT2D eigenvalue weighted by Crippen LogP contribution is 2.31. The highest BCUT2D eigenvalue weighted by molar-refractivity contribution is 7.89. The van der Waals surface area contributed by atoms with Gasteiger partial charge < -0.3 is 14.8 Å². The van der Waals surface area contributed by atoms with E-state index in [0.29, 0.717) is 37.2 Å². The predicted molar refractivity (Wildman–Crippen MR) is 127 cm³/mol. The van der Waals surface area contributed by atoms with Gasteiger partial charge in [0, 0.05) is 43.4 Å². The van der Waals surface area contributed by atoms with Gasteiger partial charge in [0.25, 0.3) is 0 Å². The van der Waals surface area contributed by atoms with Gasteiger partial charge in [-0.3, -0.25) is 9.69 Å². The molecule has 0 aliphatic carbocycles. The number of rotatable bonds is 9. The van der Waals surface area contributed by atoms with E-state index < -0.39 is 10.0 Å². The molecule has 1 fully saturated rings. The molecule has 180 valence electrons. The van der Waals surface area contributed by atoms with Crippen LogP contribution in [0.2, 0.25) is 0 Å². The first-order valence-electron chi connectivity index (χ1n) is 11.4. The van der Waals surface area contributed by atoms with Crippen molar-refractivity contribution < 1.29 is 22.7 Å². The van der Waals surface area contributed by atoms with Crippen LogP contribution in [0.15, 0.2) is 40.6 Å². The number of nitrogens with one attached hydrogen (secondary N) is 2. The summed E-state index contributed by atoms with van der Waals surface area (Å²) in [5.41, 5.74) is 0. The molecule has 0 radical (unpaired) electrons. The summed E-state index contributed by atoms with van der Waals surface area (Å²) in [4.78, 5) is 16.2. The number of sulfonamides is 1. The first kappa shape index (κ1) is 24.0. The molecule has 2 aliphatic heterocycles. The van der Waals surface area contributed by atoms with Gasteiger partial charge in [-0.15, -0.1) is 11.3 Å². The molecule has 4 rings (SSSR count). The lowest BCUT2D eigenvalue weighted by molar-refractivity contribution is -0.121. The SMILES string of the molecule is O=C(CCNS(=O)(=O)c1ccc2c(c1)OCCCO2)NCC1CCN(Cc2cccs2)CC1. The number of likely N-dealkylation sites (tertiary alicyclic amines) is 1. The number of fused-ring (bicyclic) bond motifs is 1. The van der Waals surface area contributed by atoms with Crippen LogP contribution in [-0.4, -0.2) is 58.6 Å². The molecule has 0 saturated carbocycles. The number of piperidine rings is 1. The zero-order valence-electron chi connectivity index (χ0n) is 18.6. The Balaban J connectivity index is 1.16. The van der Waals surface area contributed by atoms with Gasteiger partial charge in [-0.25, -0.2) is 13.1 Å². The van der Waals surface area contributed by atoms with E-state index in [-0.39, 0.29) is 23.8 Å². The van der Waals surface area contributed by atoms with Crippen LogP contribution in [0.25, 0.3) is 0 Å². The van der Waals surface area contributed by atoms with Gasteiger partial charge in [0.05, 0.1) is 18.1 Å². The second kappa shape index (κ2) is 11.3. The topological polar surface area (TPSA) is 97.0 Å². The molecule has 1 aromatic carbocycles. The number of benzene rings is 1. The minimum absolute atomic E-state index is 0.0435. The summed E-state index contributed by atoms with van der Waals surface area (Å²) in [5, 5.41) is 5.07. The number of nitrogens with zero attached hydrogens (tertiary/aromatic N) is 1. The van der Waals surface area contributed by atoms with Crippen LogP contribution in [0, 0.1) is 5.92 Å². The monoisotopic (exact) mass is 493 g/mol. The van der Waals surface area contributed by atoms with Gasteiger partial charge in [0.2, 0.25) is 15.9 Å². The van der Waals surface area contributed by atoms with Gasteiger partial charge in [0.1, 0.15) is 0 Å². The van der Waals surface area contributed by atoms with E-state index in [4.69, 9.17) is 9.47 Å². The van der Waals surface area contributed by atoms with E-state index in [2.05, 4.69) is 32.5 Å². The Morgan fingerprint density at radius 3 is 2.67 bits per heavy atom. The zero-order valence-corrected chi connectivity index (χ0v) is 20.3. The van der Waals surface area contributed by atoms with Crippen LogP contribution in [-0.2, 0) is 21.4 Å². The van der Waals surface area contributed by atoms with E-state index in [1.165, 1.54) is 17.0 Å². The lowest BCUT2D eigenvalue weighted by atomic mass is 9.96. The molecule has 0 atom stereocenters. The fourth-order valence-corrected chi connectivity index (χ4v) is 5.80. The van der Waals surface area contributed by atoms with Crippen molar-refractivity contribution >= 4 is 27.3 Å². The van der Waals surface area contributed by atoms with Crippen molar-refractivity contribution in [2.24, 2.45) is 5.92 Å². The molecule has 0 unspecified atom stereocenters. The third-order valence-electron chi connectivity index (χ3n) is 5.93. The molecule has 33 heavy (non-hydrogen) atoms. The van der Waals surface area contributed by atoms with Crippen molar-refractivity contribution in [1.82, 2.24) is 14.9 Å². The predicted octanol–water partition coefficient (Wildman–Crippen LogP) is 2.61. The summed E-state index contributed by atoms with van der Waals surface area (Å²) in [6.07, 6.45) is 2.96. The molecule has 1 saturated heterocycles. The summed E-state index contributed by atoms with van der Waals surface area (Å²) >= 11 is 1.79. The van der Waals surface area contributed by atoms with Crippen molar-refractivity contribution in [3.8, 4) is 11.5 Å². The Labute approximate surface area is 199 Å². The summed E-state index contributed by atoms with van der Waals surface area (Å²) in [6, 6.07) is 8.81. The van der Waals surface area contributed by atoms with Crippen molar-refractivity contribution in [2.75, 3.05) is 39.4 Å². The number of carbonyl (C=O) groups excluding carboxylic acids is 1. The Hall–Kier alpha value is -2.14. The highest BCUT2D eigenvalue weighted by Gasteiger charge is 2.21. The standard InChI is InChI=1S/C23H31N3O5S2/c27-23(24-16-18-7-10-26(11-8-18)17-19-3-1-14-32-19)6-9-25-33(28,29)20-4-5-21-22(15-20)31-13-2-12-30-21/h1,3-5,14-15,18,25H,2,6-13,16-17H2,(H,24,27). The first-order valence-corrected chi connectivity index (χ1v) is 13.8. The Morgan fingerprint density at radius 1 is 1.12 bits per heavy atom. The fourth-order valence-electron chi connectivity index (χ4n) is 4.01. The van der Waals surface area contributed by atoms with E-state index in [1.807, 2.05) is 0 Å². The number of hydrogen-bond donors (Lipinski definition) is 2. The first-order chi connectivity index (χ1) is 16.0. The summed E-state index contributed by atoms with van der Waals surface area (Å²) in [6.45, 7) is 4.78. The maximum atomic E-state index is 12.6. The maximum Gasteiger partial charge on any atom is 0.240 e. The highest BCUT2D eigenvalue weighted by atomic mass is 32.2. The minimum Gasteiger partial charge on any atom is -0.490 e. The smallest absolute Gasteiger partial charge is 0.240 e. The summed E-state index contributed by atoms with van der Waals surface area (Å²) < 4.78 is 38.8. The van der Waals surface area contributed by atoms with Crippen molar-refractivity contribution in [3.63, 3.8) is 0 Å². The molecule has 2 aromatic rings.